The lowest BCUT2D eigenvalue weighted by Gasteiger charge is -2.09. The zero-order valence-corrected chi connectivity index (χ0v) is 9.67. The molecule has 0 aromatic heterocycles. The number of aromatic carboxylic acids is 1. The summed E-state index contributed by atoms with van der Waals surface area (Å²) in [5.41, 5.74) is 6.06. The van der Waals surface area contributed by atoms with Gasteiger partial charge in [-0.1, -0.05) is 13.8 Å². The summed E-state index contributed by atoms with van der Waals surface area (Å²) in [6, 6.07) is 5.14. The van der Waals surface area contributed by atoms with Gasteiger partial charge in [0.2, 0.25) is 0 Å². The normalized spacial score (nSPS) is 12.4. The summed E-state index contributed by atoms with van der Waals surface area (Å²) < 4.78 is 0. The molecule has 0 aliphatic carbocycles. The van der Waals surface area contributed by atoms with Crippen molar-refractivity contribution >= 4 is 23.4 Å². The fraction of sp³-hybridized carbons (Fsp3) is 0.364. The molecule has 82 valence electrons. The smallest absolute Gasteiger partial charge is 0.337 e. The van der Waals surface area contributed by atoms with Crippen molar-refractivity contribution in [3.63, 3.8) is 0 Å². The lowest BCUT2D eigenvalue weighted by Crippen LogP contribution is -2.02. The van der Waals surface area contributed by atoms with Crippen molar-refractivity contribution in [3.8, 4) is 0 Å². The van der Waals surface area contributed by atoms with E-state index in [1.807, 2.05) is 6.07 Å². The van der Waals surface area contributed by atoms with E-state index in [1.165, 1.54) is 0 Å². The second-order valence-electron chi connectivity index (χ2n) is 3.39. The average Bonchev–Trinajstić information content (AvgIpc) is 2.20. The fourth-order valence-corrected chi connectivity index (χ4v) is 2.07. The number of benzene rings is 1. The Morgan fingerprint density at radius 1 is 1.60 bits per heavy atom. The van der Waals surface area contributed by atoms with E-state index in [-0.39, 0.29) is 5.56 Å². The van der Waals surface area contributed by atoms with E-state index in [0.29, 0.717) is 10.9 Å². The Labute approximate surface area is 93.7 Å². The third kappa shape index (κ3) is 3.16. The molecule has 0 aliphatic heterocycles. The van der Waals surface area contributed by atoms with E-state index in [9.17, 15) is 4.79 Å². The van der Waals surface area contributed by atoms with Gasteiger partial charge in [-0.15, -0.1) is 11.8 Å². The summed E-state index contributed by atoms with van der Waals surface area (Å²) in [5, 5.41) is 9.37. The van der Waals surface area contributed by atoms with Gasteiger partial charge in [-0.3, -0.25) is 0 Å². The van der Waals surface area contributed by atoms with E-state index in [2.05, 4.69) is 13.8 Å². The fourth-order valence-electron chi connectivity index (χ4n) is 1.11. The van der Waals surface area contributed by atoms with Gasteiger partial charge in [0.05, 0.1) is 5.56 Å². The number of carboxylic acid groups (broad SMARTS) is 1. The second-order valence-corrected chi connectivity index (χ2v) is 4.90. The maximum atomic E-state index is 10.8. The van der Waals surface area contributed by atoms with Crippen molar-refractivity contribution in [2.45, 2.75) is 30.4 Å². The van der Waals surface area contributed by atoms with E-state index in [1.54, 1.807) is 23.9 Å². The molecule has 1 unspecified atom stereocenters. The van der Waals surface area contributed by atoms with Crippen LogP contribution in [0.15, 0.2) is 23.1 Å². The maximum absolute atomic E-state index is 10.8. The minimum atomic E-state index is -0.973. The van der Waals surface area contributed by atoms with Gasteiger partial charge in [-0.05, 0) is 24.6 Å². The Morgan fingerprint density at radius 2 is 2.27 bits per heavy atom. The molecule has 0 spiro atoms. The Balaban J connectivity index is 2.92. The van der Waals surface area contributed by atoms with Gasteiger partial charge >= 0.3 is 5.97 Å². The number of carboxylic acids is 1. The lowest BCUT2D eigenvalue weighted by atomic mass is 10.2. The van der Waals surface area contributed by atoms with Crippen molar-refractivity contribution in [2.24, 2.45) is 0 Å². The second kappa shape index (κ2) is 5.07. The van der Waals surface area contributed by atoms with Gasteiger partial charge in [0, 0.05) is 15.8 Å². The predicted octanol–water partition coefficient (Wildman–Crippen LogP) is 2.86. The lowest BCUT2D eigenvalue weighted by molar-refractivity contribution is 0.0698. The van der Waals surface area contributed by atoms with Crippen molar-refractivity contribution in [3.05, 3.63) is 23.8 Å². The molecule has 3 N–H and O–H groups in total. The van der Waals surface area contributed by atoms with Crippen LogP contribution in [0.3, 0.4) is 0 Å². The summed E-state index contributed by atoms with van der Waals surface area (Å²) >= 11 is 1.66. The van der Waals surface area contributed by atoms with Gasteiger partial charge in [0.25, 0.3) is 0 Å². The van der Waals surface area contributed by atoms with Crippen LogP contribution >= 0.6 is 11.8 Å². The molecule has 0 saturated heterocycles. The molecule has 0 fully saturated rings. The van der Waals surface area contributed by atoms with Crippen LogP contribution in [-0.2, 0) is 0 Å². The first-order valence-electron chi connectivity index (χ1n) is 4.84. The van der Waals surface area contributed by atoms with Crippen LogP contribution in [0, 0.1) is 0 Å². The molecule has 0 saturated carbocycles. The van der Waals surface area contributed by atoms with E-state index in [4.69, 9.17) is 10.8 Å². The van der Waals surface area contributed by atoms with Crippen LogP contribution in [-0.4, -0.2) is 16.3 Å². The minimum Gasteiger partial charge on any atom is -0.478 e. The molecule has 3 nitrogen and oxygen atoms in total. The van der Waals surface area contributed by atoms with Gasteiger partial charge < -0.3 is 10.8 Å². The highest BCUT2D eigenvalue weighted by Gasteiger charge is 2.10. The quantitative estimate of drug-likeness (QED) is 0.611. The molecular weight excluding hydrogens is 210 g/mol. The highest BCUT2D eigenvalue weighted by molar-refractivity contribution is 7.99. The van der Waals surface area contributed by atoms with Crippen LogP contribution in [0.25, 0.3) is 0 Å². The molecule has 15 heavy (non-hydrogen) atoms. The minimum absolute atomic E-state index is 0.184. The van der Waals surface area contributed by atoms with Gasteiger partial charge in [-0.25, -0.2) is 4.79 Å². The molecule has 1 atom stereocenters. The summed E-state index contributed by atoms with van der Waals surface area (Å²) in [6.07, 6.45) is 1.05. The van der Waals surface area contributed by atoms with E-state index >= 15 is 0 Å². The van der Waals surface area contributed by atoms with Gasteiger partial charge in [0.15, 0.2) is 0 Å². The molecule has 0 radical (unpaired) electrons. The number of carbonyl (C=O) groups is 1. The zero-order chi connectivity index (χ0) is 11.4. The molecular formula is C11H15NO2S. The Morgan fingerprint density at radius 3 is 2.80 bits per heavy atom. The predicted molar refractivity (Wildman–Crippen MR) is 63.4 cm³/mol. The topological polar surface area (TPSA) is 63.3 Å². The summed E-state index contributed by atoms with van der Waals surface area (Å²) in [4.78, 5) is 11.8. The molecule has 0 bridgehead atoms. The number of anilines is 1. The standard InChI is InChI=1S/C11H15NO2S/c1-3-7(2)15-8-4-5-10(12)9(6-8)11(13)14/h4-7H,3,12H2,1-2H3,(H,13,14). The van der Waals surface area contributed by atoms with Gasteiger partial charge in [-0.2, -0.15) is 0 Å². The summed E-state index contributed by atoms with van der Waals surface area (Å²) in [7, 11) is 0. The number of hydrogen-bond donors (Lipinski definition) is 2. The molecule has 0 heterocycles. The molecule has 1 aromatic rings. The van der Waals surface area contributed by atoms with Crippen molar-refractivity contribution in [1.29, 1.82) is 0 Å². The highest BCUT2D eigenvalue weighted by atomic mass is 32.2. The highest BCUT2D eigenvalue weighted by Crippen LogP contribution is 2.27. The average molecular weight is 225 g/mol. The first-order valence-corrected chi connectivity index (χ1v) is 5.72. The van der Waals surface area contributed by atoms with Crippen molar-refractivity contribution < 1.29 is 9.90 Å². The zero-order valence-electron chi connectivity index (χ0n) is 8.86. The third-order valence-electron chi connectivity index (χ3n) is 2.17. The summed E-state index contributed by atoms with van der Waals surface area (Å²) in [5.74, 6) is -0.973. The molecule has 0 aliphatic rings. The van der Waals surface area contributed by atoms with Crippen molar-refractivity contribution in [2.75, 3.05) is 5.73 Å². The molecule has 1 aromatic carbocycles. The van der Waals surface area contributed by atoms with E-state index < -0.39 is 5.97 Å². The SMILES string of the molecule is CCC(C)Sc1ccc(N)c(C(=O)O)c1. The van der Waals surface area contributed by atoms with Crippen molar-refractivity contribution in [1.82, 2.24) is 0 Å². The third-order valence-corrected chi connectivity index (χ3v) is 3.43. The molecule has 1 rings (SSSR count). The largest absolute Gasteiger partial charge is 0.478 e. The van der Waals surface area contributed by atoms with Crippen LogP contribution < -0.4 is 5.73 Å². The number of thioether (sulfide) groups is 1. The number of nitrogen functional groups attached to an aromatic ring is 1. The maximum Gasteiger partial charge on any atom is 0.337 e. The van der Waals surface area contributed by atoms with Crippen LogP contribution in [0.5, 0.6) is 0 Å². The summed E-state index contributed by atoms with van der Waals surface area (Å²) in [6.45, 7) is 4.22. The first kappa shape index (κ1) is 11.9. The monoisotopic (exact) mass is 225 g/mol. The Kier molecular flexibility index (Phi) is 4.03. The van der Waals surface area contributed by atoms with Crippen LogP contribution in [0.2, 0.25) is 0 Å². The first-order chi connectivity index (χ1) is 7.04. The Bertz CT molecular complexity index is 366. The van der Waals surface area contributed by atoms with Crippen LogP contribution in [0.1, 0.15) is 30.6 Å². The van der Waals surface area contributed by atoms with Gasteiger partial charge in [0.1, 0.15) is 0 Å². The van der Waals surface area contributed by atoms with Crippen LogP contribution in [0.4, 0.5) is 5.69 Å². The number of nitrogens with two attached hydrogens (primary N) is 1. The number of hydrogen-bond acceptors (Lipinski definition) is 3. The molecule has 4 heteroatoms. The Hall–Kier alpha value is -1.16. The number of rotatable bonds is 4. The van der Waals surface area contributed by atoms with E-state index in [0.717, 1.165) is 11.3 Å². The molecule has 0 amide bonds.